The van der Waals surface area contributed by atoms with Crippen molar-refractivity contribution in [3.8, 4) is 0 Å². The van der Waals surface area contributed by atoms with Gasteiger partial charge in [-0.1, -0.05) is 0 Å². The molecule has 0 amide bonds. The molecule has 0 spiro atoms. The molecule has 4 aromatic rings. The molecule has 49 heavy (non-hydrogen) atoms. The summed E-state index contributed by atoms with van der Waals surface area (Å²) in [6.45, 7) is -7.51. The second-order valence-electron chi connectivity index (χ2n) is 11.1. The number of hydrogen-bond acceptors (Lipinski definition) is 18. The summed E-state index contributed by atoms with van der Waals surface area (Å²) in [5.74, 6) is 0.282. The van der Waals surface area contributed by atoms with E-state index in [1.807, 2.05) is 0 Å². The van der Waals surface area contributed by atoms with Crippen molar-refractivity contribution in [1.29, 1.82) is 0 Å². The topological polar surface area (TPSA) is 322 Å². The first-order valence-corrected chi connectivity index (χ1v) is 19.9. The Kier molecular flexibility index (Phi) is 10.8. The zero-order chi connectivity index (χ0) is 35.1. The van der Waals surface area contributed by atoms with Crippen molar-refractivity contribution < 1.29 is 48.7 Å². The lowest BCUT2D eigenvalue weighted by Gasteiger charge is -2.22. The minimum Gasteiger partial charge on any atom is -0.387 e. The smallest absolute Gasteiger partial charge is 0.258 e. The number of ether oxygens (including phenoxy) is 2. The molecule has 6 rings (SSSR count). The SMILES string of the molecule is Nc1ncnc2c1ncn2[C@@H]1O[C@H](COP(O)(=S)NCCCNP(O)(=S)OC[C@H]2O[C@@H](n3cnc4c(N)ncnc43)[C@H](O)[C@@H]2O)[C@@H](O)[C@H]1O. The Morgan fingerprint density at radius 3 is 1.51 bits per heavy atom. The zero-order valence-electron chi connectivity index (χ0n) is 25.2. The van der Waals surface area contributed by atoms with Gasteiger partial charge in [0.1, 0.15) is 60.3 Å². The lowest BCUT2D eigenvalue weighted by Crippen LogP contribution is -2.34. The van der Waals surface area contributed by atoms with Gasteiger partial charge in [0.25, 0.3) is 13.3 Å². The molecule has 10 atom stereocenters. The Hall–Kier alpha value is -2.48. The molecule has 2 saturated heterocycles. The molecular weight excluding hydrogens is 730 g/mol. The van der Waals surface area contributed by atoms with E-state index in [0.29, 0.717) is 28.7 Å². The fraction of sp³-hybridized carbons (Fsp3) is 0.565. The minimum absolute atomic E-state index is 0.141. The third-order valence-electron chi connectivity index (χ3n) is 7.80. The Balaban J connectivity index is 0.918. The number of fused-ring (bicyclic) bond motifs is 2. The van der Waals surface area contributed by atoms with Gasteiger partial charge < -0.3 is 60.2 Å². The van der Waals surface area contributed by atoms with Crippen LogP contribution in [0.5, 0.6) is 0 Å². The summed E-state index contributed by atoms with van der Waals surface area (Å²) in [5.41, 5.74) is 12.8. The third kappa shape index (κ3) is 7.74. The lowest BCUT2D eigenvalue weighted by atomic mass is 10.1. The van der Waals surface area contributed by atoms with E-state index in [4.69, 9.17) is 53.6 Å². The van der Waals surface area contributed by atoms with Crippen molar-refractivity contribution in [2.45, 2.75) is 55.5 Å². The first-order chi connectivity index (χ1) is 23.3. The Labute approximate surface area is 286 Å². The summed E-state index contributed by atoms with van der Waals surface area (Å²) in [6, 6.07) is 0. The summed E-state index contributed by atoms with van der Waals surface area (Å²) in [6.07, 6.45) is -4.23. The van der Waals surface area contributed by atoms with Gasteiger partial charge in [-0.25, -0.2) is 40.1 Å². The van der Waals surface area contributed by atoms with Crippen LogP contribution >= 0.6 is 13.3 Å². The summed E-state index contributed by atoms with van der Waals surface area (Å²) in [7, 11) is 0. The number of hydrogen-bond donors (Lipinski definition) is 10. The number of imidazole rings is 2. The fourth-order valence-corrected chi connectivity index (χ4v) is 7.95. The maximum atomic E-state index is 10.6. The van der Waals surface area contributed by atoms with E-state index < -0.39 is 62.4 Å². The normalized spacial score (nSPS) is 29.8. The van der Waals surface area contributed by atoms with Crippen molar-refractivity contribution >= 4 is 70.9 Å². The number of rotatable bonds is 14. The van der Waals surface area contributed by atoms with E-state index >= 15 is 0 Å². The average molecular weight is 765 g/mol. The van der Waals surface area contributed by atoms with Gasteiger partial charge in [-0.2, -0.15) is 0 Å². The Morgan fingerprint density at radius 1 is 0.694 bits per heavy atom. The summed E-state index contributed by atoms with van der Waals surface area (Å²) < 4.78 is 25.3. The van der Waals surface area contributed by atoms with Crippen LogP contribution in [0.25, 0.3) is 22.3 Å². The van der Waals surface area contributed by atoms with Crippen molar-refractivity contribution in [1.82, 2.24) is 49.2 Å². The van der Waals surface area contributed by atoms with E-state index in [2.05, 4.69) is 40.1 Å². The Bertz CT molecular complexity index is 1760. The molecule has 6 heterocycles. The number of aliphatic hydroxyl groups is 4. The highest BCUT2D eigenvalue weighted by atomic mass is 32.5. The van der Waals surface area contributed by atoms with Crippen LogP contribution in [0, 0.1) is 0 Å². The molecule has 2 fully saturated rings. The number of anilines is 2. The van der Waals surface area contributed by atoms with Crippen LogP contribution in [-0.2, 0) is 42.1 Å². The second-order valence-corrected chi connectivity index (χ2v) is 17.3. The molecule has 0 aliphatic carbocycles. The molecule has 2 aliphatic heterocycles. The predicted octanol–water partition coefficient (Wildman–Crippen LogP) is -2.89. The molecule has 0 radical (unpaired) electrons. The molecule has 0 saturated carbocycles. The van der Waals surface area contributed by atoms with Gasteiger partial charge in [0.2, 0.25) is 0 Å². The van der Waals surface area contributed by atoms with Crippen molar-refractivity contribution in [2.24, 2.45) is 0 Å². The van der Waals surface area contributed by atoms with E-state index in [9.17, 15) is 30.2 Å². The summed E-state index contributed by atoms with van der Waals surface area (Å²) in [4.78, 5) is 45.4. The first-order valence-electron chi connectivity index (χ1n) is 14.6. The molecule has 22 nitrogen and oxygen atoms in total. The number of nitrogen functional groups attached to an aromatic ring is 2. The molecule has 2 unspecified atom stereocenters. The lowest BCUT2D eigenvalue weighted by molar-refractivity contribution is -0.0476. The molecule has 4 aromatic heterocycles. The van der Waals surface area contributed by atoms with Crippen LogP contribution in [-0.4, -0.2) is 132 Å². The van der Waals surface area contributed by atoms with Crippen molar-refractivity contribution in [2.75, 3.05) is 37.8 Å². The monoisotopic (exact) mass is 764 g/mol. The fourth-order valence-electron chi connectivity index (χ4n) is 5.28. The third-order valence-corrected chi connectivity index (χ3v) is 11.5. The van der Waals surface area contributed by atoms with Crippen molar-refractivity contribution in [3.05, 3.63) is 25.3 Å². The molecule has 0 bridgehead atoms. The van der Waals surface area contributed by atoms with Crippen LogP contribution in [0.15, 0.2) is 25.3 Å². The van der Waals surface area contributed by atoms with Gasteiger partial charge in [-0.15, -0.1) is 0 Å². The highest BCUT2D eigenvalue weighted by molar-refractivity contribution is 8.08. The van der Waals surface area contributed by atoms with Gasteiger partial charge in [0.05, 0.1) is 25.9 Å². The zero-order valence-corrected chi connectivity index (χ0v) is 28.6. The molecule has 0 aromatic carbocycles. The molecular formula is C23H34N12O10P2S2. The number of nitrogens with one attached hydrogen (secondary N) is 2. The second kappa shape index (κ2) is 14.6. The van der Waals surface area contributed by atoms with Crippen molar-refractivity contribution in [3.63, 3.8) is 0 Å². The quantitative estimate of drug-likeness (QED) is 0.0455. The van der Waals surface area contributed by atoms with Crippen LogP contribution in [0.2, 0.25) is 0 Å². The standard InChI is InChI=1S/C23H34N12O10P2S2/c24-18-12-20(28-6-26-18)34(8-30-12)22-16(38)14(36)10(44-22)4-42-46(40,48)32-2-1-3-33-47(41,49)43-5-11-15(37)17(39)23(45-11)35-9-31-13-19(25)27-7-29-21(13)35/h6-11,14-17,22-23,36-39H,1-5H2,(H2,24,26,28)(H2,25,27,29)(H2,32,40,48)(H2,33,41,49)/t10-,11-,14-,15-,16-,17-,22-,23-,46?,47?/m1/s1. The van der Waals surface area contributed by atoms with Gasteiger partial charge >= 0.3 is 0 Å². The van der Waals surface area contributed by atoms with E-state index in [0.717, 1.165) is 0 Å². The van der Waals surface area contributed by atoms with Gasteiger partial charge in [-0.3, -0.25) is 9.13 Å². The number of aliphatic hydroxyl groups excluding tert-OH is 4. The largest absolute Gasteiger partial charge is 0.387 e. The maximum Gasteiger partial charge on any atom is 0.258 e. The first kappa shape index (κ1) is 36.3. The van der Waals surface area contributed by atoms with Gasteiger partial charge in [0, 0.05) is 13.1 Å². The summed E-state index contributed by atoms with van der Waals surface area (Å²) >= 11 is 10.3. The Morgan fingerprint density at radius 2 is 1.10 bits per heavy atom. The van der Waals surface area contributed by atoms with Crippen LogP contribution in [0.3, 0.4) is 0 Å². The number of nitrogens with two attached hydrogens (primary N) is 2. The predicted molar refractivity (Wildman–Crippen MR) is 177 cm³/mol. The number of nitrogens with zero attached hydrogens (tertiary/aromatic N) is 8. The highest BCUT2D eigenvalue weighted by Gasteiger charge is 2.46. The summed E-state index contributed by atoms with van der Waals surface area (Å²) in [5, 5.41) is 47.7. The van der Waals surface area contributed by atoms with Gasteiger partial charge in [0.15, 0.2) is 35.4 Å². The molecule has 268 valence electrons. The average Bonchev–Trinajstić information content (AvgIpc) is 3.81. The van der Waals surface area contributed by atoms with E-state index in [-0.39, 0.29) is 37.9 Å². The van der Waals surface area contributed by atoms with Crippen LogP contribution in [0.4, 0.5) is 11.6 Å². The van der Waals surface area contributed by atoms with E-state index in [1.54, 1.807) is 0 Å². The minimum atomic E-state index is -3.56. The molecule has 26 heteroatoms. The van der Waals surface area contributed by atoms with Crippen LogP contribution in [0.1, 0.15) is 18.9 Å². The maximum absolute atomic E-state index is 10.6. The molecule has 12 N–H and O–H groups in total. The van der Waals surface area contributed by atoms with E-state index in [1.165, 1.54) is 34.4 Å². The van der Waals surface area contributed by atoms with Gasteiger partial charge in [-0.05, 0) is 30.0 Å². The van der Waals surface area contributed by atoms with Crippen LogP contribution < -0.4 is 21.6 Å². The number of aromatic nitrogens is 8. The molecule has 2 aliphatic rings. The highest BCUT2D eigenvalue weighted by Crippen LogP contribution is 2.41.